The molecule has 0 aliphatic carbocycles. The van der Waals surface area contributed by atoms with Gasteiger partial charge in [0, 0.05) is 19.2 Å². The zero-order valence-corrected chi connectivity index (χ0v) is 12.5. The number of ether oxygens (including phenoxy) is 1. The number of carbonyl (C=O) groups is 1. The number of nitro benzene ring substituents is 1. The fourth-order valence-corrected chi connectivity index (χ4v) is 1.56. The predicted octanol–water partition coefficient (Wildman–Crippen LogP) is 3.60. The number of rotatable bonds is 4. The minimum absolute atomic E-state index is 0.108. The first kappa shape index (κ1) is 16.6. The van der Waals surface area contributed by atoms with Gasteiger partial charge in [0.15, 0.2) is 0 Å². The van der Waals surface area contributed by atoms with Crippen molar-refractivity contribution in [2.45, 2.75) is 0 Å². The number of non-ortho nitro benzene ring substituents is 1. The number of nitrogens with zero attached hydrogens (tertiary/aromatic N) is 5. The van der Waals surface area contributed by atoms with Crippen LogP contribution in [-0.2, 0) is 0 Å². The molecule has 0 saturated carbocycles. The molecule has 120 valence electrons. The molecule has 0 aliphatic rings. The van der Waals surface area contributed by atoms with Crippen molar-refractivity contribution in [2.75, 3.05) is 7.05 Å². The second-order valence-electron chi connectivity index (χ2n) is 4.49. The molecule has 0 fully saturated rings. The van der Waals surface area contributed by atoms with Gasteiger partial charge in [-0.15, -0.1) is 5.11 Å². The van der Waals surface area contributed by atoms with Crippen LogP contribution in [0.5, 0.6) is 5.75 Å². The van der Waals surface area contributed by atoms with Crippen LogP contribution in [-0.4, -0.2) is 23.1 Å². The van der Waals surface area contributed by atoms with E-state index in [4.69, 9.17) is 10.00 Å². The molecular weight excluding hydrogens is 314 g/mol. The maximum atomic E-state index is 11.8. The molecule has 0 spiro atoms. The van der Waals surface area contributed by atoms with Gasteiger partial charge in [-0.05, 0) is 36.4 Å². The molecule has 0 N–H and O–H groups in total. The summed E-state index contributed by atoms with van der Waals surface area (Å²) in [5, 5.41) is 27.6. The van der Waals surface area contributed by atoms with Crippen molar-refractivity contribution >= 4 is 17.5 Å². The largest absolute Gasteiger partial charge is 0.436 e. The standard InChI is InChI=1S/C15H11N5O4/c1-19(18-17-12-4-2-11(10-16)3-5-12)15(21)24-14-8-6-13(7-9-14)20(22)23/h2-9H,1H3. The third-order valence-corrected chi connectivity index (χ3v) is 2.81. The maximum absolute atomic E-state index is 11.8. The maximum Gasteiger partial charge on any atom is 0.436 e. The molecule has 0 atom stereocenters. The van der Waals surface area contributed by atoms with Crippen LogP contribution >= 0.6 is 0 Å². The van der Waals surface area contributed by atoms with E-state index in [-0.39, 0.29) is 11.4 Å². The molecule has 0 saturated heterocycles. The molecule has 0 unspecified atom stereocenters. The lowest BCUT2D eigenvalue weighted by atomic mass is 10.2. The number of carbonyl (C=O) groups excluding carboxylic acids is 1. The Morgan fingerprint density at radius 2 is 1.83 bits per heavy atom. The topological polar surface area (TPSA) is 121 Å². The van der Waals surface area contributed by atoms with Crippen LogP contribution in [0.2, 0.25) is 0 Å². The smallest absolute Gasteiger partial charge is 0.409 e. The molecule has 2 aromatic rings. The molecule has 0 aromatic heterocycles. The average molecular weight is 325 g/mol. The van der Waals surface area contributed by atoms with E-state index in [1.165, 1.54) is 31.3 Å². The third kappa shape index (κ3) is 4.35. The minimum Gasteiger partial charge on any atom is -0.409 e. The van der Waals surface area contributed by atoms with E-state index in [9.17, 15) is 14.9 Å². The van der Waals surface area contributed by atoms with Gasteiger partial charge in [0.05, 0.1) is 22.2 Å². The Kier molecular flexibility index (Phi) is 5.15. The molecule has 2 rings (SSSR count). The number of benzene rings is 2. The Morgan fingerprint density at radius 3 is 2.38 bits per heavy atom. The summed E-state index contributed by atoms with van der Waals surface area (Å²) >= 11 is 0. The summed E-state index contributed by atoms with van der Waals surface area (Å²) in [6.45, 7) is 0. The van der Waals surface area contributed by atoms with Crippen LogP contribution < -0.4 is 4.74 Å². The van der Waals surface area contributed by atoms with Crippen molar-refractivity contribution in [3.8, 4) is 11.8 Å². The summed E-state index contributed by atoms with van der Waals surface area (Å²) < 4.78 is 5.00. The quantitative estimate of drug-likeness (QED) is 0.483. The van der Waals surface area contributed by atoms with Crippen molar-refractivity contribution in [2.24, 2.45) is 10.3 Å². The van der Waals surface area contributed by atoms with Crippen molar-refractivity contribution in [1.82, 2.24) is 5.01 Å². The zero-order valence-electron chi connectivity index (χ0n) is 12.5. The highest BCUT2D eigenvalue weighted by Crippen LogP contribution is 2.18. The number of nitro groups is 1. The first-order valence-electron chi connectivity index (χ1n) is 6.61. The lowest BCUT2D eigenvalue weighted by Gasteiger charge is -2.09. The average Bonchev–Trinajstić information content (AvgIpc) is 2.60. The third-order valence-electron chi connectivity index (χ3n) is 2.81. The molecular formula is C15H11N5O4. The van der Waals surface area contributed by atoms with Gasteiger partial charge in [0.1, 0.15) is 5.75 Å². The molecule has 0 heterocycles. The molecule has 9 heteroatoms. The van der Waals surface area contributed by atoms with Crippen LogP contribution in [0, 0.1) is 21.4 Å². The summed E-state index contributed by atoms with van der Waals surface area (Å²) in [4.78, 5) is 21.8. The lowest BCUT2D eigenvalue weighted by Crippen LogP contribution is -2.24. The number of hydrogen-bond acceptors (Lipinski definition) is 7. The van der Waals surface area contributed by atoms with Gasteiger partial charge < -0.3 is 4.74 Å². The van der Waals surface area contributed by atoms with Crippen LogP contribution in [0.15, 0.2) is 58.9 Å². The highest BCUT2D eigenvalue weighted by Gasteiger charge is 2.12. The van der Waals surface area contributed by atoms with Gasteiger partial charge >= 0.3 is 6.09 Å². The molecule has 0 aliphatic heterocycles. The SMILES string of the molecule is CN(N=Nc1ccc(C#N)cc1)C(=O)Oc1ccc([N+](=O)[O-])cc1. The van der Waals surface area contributed by atoms with E-state index in [0.717, 1.165) is 5.01 Å². The van der Waals surface area contributed by atoms with E-state index in [1.54, 1.807) is 24.3 Å². The van der Waals surface area contributed by atoms with E-state index < -0.39 is 11.0 Å². The Bertz CT molecular complexity index is 809. The molecule has 0 bridgehead atoms. The van der Waals surface area contributed by atoms with E-state index >= 15 is 0 Å². The molecule has 1 amide bonds. The molecule has 24 heavy (non-hydrogen) atoms. The second kappa shape index (κ2) is 7.46. The summed E-state index contributed by atoms with van der Waals surface area (Å²) in [5.74, 6) is 0.144. The molecule has 2 aromatic carbocycles. The number of hydrogen-bond donors (Lipinski definition) is 0. The molecule has 0 radical (unpaired) electrons. The summed E-state index contributed by atoms with van der Waals surface area (Å²) in [5.41, 5.74) is 0.840. The van der Waals surface area contributed by atoms with Gasteiger partial charge in [-0.1, -0.05) is 5.22 Å². The summed E-state index contributed by atoms with van der Waals surface area (Å²) in [6.07, 6.45) is -0.804. The van der Waals surface area contributed by atoms with Crippen LogP contribution in [0.1, 0.15) is 5.56 Å². The van der Waals surface area contributed by atoms with Crippen LogP contribution in [0.4, 0.5) is 16.2 Å². The van der Waals surface area contributed by atoms with Gasteiger partial charge in [-0.25, -0.2) is 4.79 Å². The first-order chi connectivity index (χ1) is 11.5. The Labute approximate surface area is 136 Å². The Balaban J connectivity index is 1.97. The van der Waals surface area contributed by atoms with E-state index in [0.29, 0.717) is 11.3 Å². The number of nitriles is 1. The van der Waals surface area contributed by atoms with Crippen molar-refractivity contribution < 1.29 is 14.5 Å². The van der Waals surface area contributed by atoms with Crippen molar-refractivity contribution in [3.05, 3.63) is 64.2 Å². The fraction of sp³-hybridized carbons (Fsp3) is 0.0667. The Morgan fingerprint density at radius 1 is 1.21 bits per heavy atom. The highest BCUT2D eigenvalue weighted by molar-refractivity contribution is 5.70. The highest BCUT2D eigenvalue weighted by atomic mass is 16.6. The van der Waals surface area contributed by atoms with Gasteiger partial charge in [-0.2, -0.15) is 10.3 Å². The summed E-state index contributed by atoms with van der Waals surface area (Å²) in [6, 6.07) is 13.3. The van der Waals surface area contributed by atoms with E-state index in [2.05, 4.69) is 10.3 Å². The molecule has 9 nitrogen and oxygen atoms in total. The first-order valence-corrected chi connectivity index (χ1v) is 6.61. The zero-order chi connectivity index (χ0) is 17.5. The predicted molar refractivity (Wildman–Crippen MR) is 82.6 cm³/mol. The normalized spacial score (nSPS) is 10.2. The van der Waals surface area contributed by atoms with Crippen molar-refractivity contribution in [1.29, 1.82) is 5.26 Å². The monoisotopic (exact) mass is 325 g/mol. The summed E-state index contributed by atoms with van der Waals surface area (Å²) in [7, 11) is 1.35. The number of amides is 1. The van der Waals surface area contributed by atoms with Gasteiger partial charge in [0.2, 0.25) is 0 Å². The Hall–Kier alpha value is -3.80. The van der Waals surface area contributed by atoms with Gasteiger partial charge in [0.25, 0.3) is 5.69 Å². The second-order valence-corrected chi connectivity index (χ2v) is 4.49. The van der Waals surface area contributed by atoms with Gasteiger partial charge in [-0.3, -0.25) is 10.1 Å². The lowest BCUT2D eigenvalue weighted by molar-refractivity contribution is -0.384. The minimum atomic E-state index is -0.804. The van der Waals surface area contributed by atoms with E-state index in [1.807, 2.05) is 6.07 Å². The fourth-order valence-electron chi connectivity index (χ4n) is 1.56. The van der Waals surface area contributed by atoms with Crippen LogP contribution in [0.3, 0.4) is 0 Å². The van der Waals surface area contributed by atoms with Crippen molar-refractivity contribution in [3.63, 3.8) is 0 Å². The van der Waals surface area contributed by atoms with Crippen LogP contribution in [0.25, 0.3) is 0 Å².